The standard InChI is InChI=1S/C18H22FN3O/c1-13(23)22-9-3-5-18(22)17-4-2-8-21(17)12-15-7-6-14(11-20)10-16(15)19/h6-7,10,17-18H,2-5,8-9,12H2,1H3/t17-,18-/m1/s1. The number of carbonyl (C=O) groups excluding carboxylic acids is 1. The first kappa shape index (κ1) is 15.9. The van der Waals surface area contributed by atoms with Gasteiger partial charge in [0.25, 0.3) is 0 Å². The highest BCUT2D eigenvalue weighted by Gasteiger charge is 2.38. The number of nitriles is 1. The quantitative estimate of drug-likeness (QED) is 0.861. The van der Waals surface area contributed by atoms with E-state index in [-0.39, 0.29) is 17.8 Å². The molecule has 1 aromatic carbocycles. The van der Waals surface area contributed by atoms with Gasteiger partial charge < -0.3 is 4.90 Å². The third-order valence-electron chi connectivity index (χ3n) is 5.12. The number of hydrogen-bond acceptors (Lipinski definition) is 3. The van der Waals surface area contributed by atoms with Gasteiger partial charge in [-0.1, -0.05) is 6.07 Å². The fourth-order valence-corrected chi connectivity index (χ4v) is 4.03. The minimum atomic E-state index is -0.315. The zero-order valence-electron chi connectivity index (χ0n) is 13.5. The maximum atomic E-state index is 14.2. The molecule has 0 spiro atoms. The second-order valence-corrected chi connectivity index (χ2v) is 6.52. The van der Waals surface area contributed by atoms with Gasteiger partial charge in [-0.3, -0.25) is 9.69 Å². The summed E-state index contributed by atoms with van der Waals surface area (Å²) >= 11 is 0. The normalized spacial score (nSPS) is 24.8. The van der Waals surface area contributed by atoms with Crippen molar-refractivity contribution in [2.75, 3.05) is 13.1 Å². The fraction of sp³-hybridized carbons (Fsp3) is 0.556. The Morgan fingerprint density at radius 3 is 2.74 bits per heavy atom. The lowest BCUT2D eigenvalue weighted by molar-refractivity contribution is -0.130. The number of hydrogen-bond donors (Lipinski definition) is 0. The molecule has 3 rings (SSSR count). The first-order chi connectivity index (χ1) is 11.1. The summed E-state index contributed by atoms with van der Waals surface area (Å²) in [7, 11) is 0. The molecule has 2 heterocycles. The maximum Gasteiger partial charge on any atom is 0.219 e. The Hall–Kier alpha value is -1.93. The molecule has 2 aliphatic heterocycles. The molecular formula is C18H22FN3O. The molecule has 0 bridgehead atoms. The average Bonchev–Trinajstić information content (AvgIpc) is 3.17. The summed E-state index contributed by atoms with van der Waals surface area (Å²) in [6.07, 6.45) is 4.24. The van der Waals surface area contributed by atoms with E-state index >= 15 is 0 Å². The number of rotatable bonds is 3. The van der Waals surface area contributed by atoms with Crippen LogP contribution in [-0.4, -0.2) is 40.9 Å². The van der Waals surface area contributed by atoms with Crippen LogP contribution in [0.5, 0.6) is 0 Å². The molecule has 2 fully saturated rings. The van der Waals surface area contributed by atoms with Crippen LogP contribution in [0.1, 0.15) is 43.7 Å². The topological polar surface area (TPSA) is 47.3 Å². The van der Waals surface area contributed by atoms with E-state index in [1.54, 1.807) is 19.1 Å². The van der Waals surface area contributed by atoms with Gasteiger partial charge in [0.2, 0.25) is 5.91 Å². The number of nitrogens with zero attached hydrogens (tertiary/aromatic N) is 3. The van der Waals surface area contributed by atoms with Crippen molar-refractivity contribution in [1.29, 1.82) is 5.26 Å². The van der Waals surface area contributed by atoms with Crippen LogP contribution in [0, 0.1) is 17.1 Å². The Balaban J connectivity index is 1.75. The van der Waals surface area contributed by atoms with Gasteiger partial charge in [-0.05, 0) is 44.4 Å². The Bertz CT molecular complexity index is 640. The van der Waals surface area contributed by atoms with Crippen LogP contribution in [-0.2, 0) is 11.3 Å². The molecule has 0 aromatic heterocycles. The van der Waals surface area contributed by atoms with E-state index in [9.17, 15) is 9.18 Å². The summed E-state index contributed by atoms with van der Waals surface area (Å²) in [5.41, 5.74) is 0.978. The second-order valence-electron chi connectivity index (χ2n) is 6.52. The van der Waals surface area contributed by atoms with E-state index in [1.165, 1.54) is 6.07 Å². The Kier molecular flexibility index (Phi) is 4.63. The molecule has 5 heteroatoms. The molecule has 4 nitrogen and oxygen atoms in total. The van der Waals surface area contributed by atoms with Gasteiger partial charge in [-0.15, -0.1) is 0 Å². The molecule has 0 N–H and O–H groups in total. The first-order valence-electron chi connectivity index (χ1n) is 8.30. The largest absolute Gasteiger partial charge is 0.338 e. The van der Waals surface area contributed by atoms with Crippen LogP contribution in [0.3, 0.4) is 0 Å². The summed E-state index contributed by atoms with van der Waals surface area (Å²) < 4.78 is 14.2. The number of benzene rings is 1. The van der Waals surface area contributed by atoms with E-state index in [2.05, 4.69) is 4.90 Å². The summed E-state index contributed by atoms with van der Waals surface area (Å²) in [6.45, 7) is 3.96. The van der Waals surface area contributed by atoms with Crippen molar-refractivity contribution in [2.45, 2.75) is 51.2 Å². The monoisotopic (exact) mass is 315 g/mol. The Labute approximate surface area is 136 Å². The van der Waals surface area contributed by atoms with Gasteiger partial charge in [-0.25, -0.2) is 4.39 Å². The lowest BCUT2D eigenvalue weighted by Crippen LogP contribution is -2.47. The number of carbonyl (C=O) groups is 1. The van der Waals surface area contributed by atoms with E-state index in [0.29, 0.717) is 23.7 Å². The highest BCUT2D eigenvalue weighted by Crippen LogP contribution is 2.31. The van der Waals surface area contributed by atoms with E-state index < -0.39 is 0 Å². The molecule has 23 heavy (non-hydrogen) atoms. The van der Waals surface area contributed by atoms with Crippen molar-refractivity contribution in [3.63, 3.8) is 0 Å². The summed E-state index contributed by atoms with van der Waals surface area (Å²) in [6, 6.07) is 7.22. The van der Waals surface area contributed by atoms with E-state index in [0.717, 1.165) is 38.8 Å². The third kappa shape index (κ3) is 3.23. The lowest BCUT2D eigenvalue weighted by atomic mass is 10.0. The van der Waals surface area contributed by atoms with Crippen LogP contribution >= 0.6 is 0 Å². The molecule has 2 saturated heterocycles. The molecule has 2 aliphatic rings. The van der Waals surface area contributed by atoms with E-state index in [1.807, 2.05) is 11.0 Å². The first-order valence-corrected chi connectivity index (χ1v) is 8.30. The van der Waals surface area contributed by atoms with Crippen LogP contribution in [0.2, 0.25) is 0 Å². The van der Waals surface area contributed by atoms with E-state index in [4.69, 9.17) is 5.26 Å². The van der Waals surface area contributed by atoms with Gasteiger partial charge in [0.1, 0.15) is 5.82 Å². The van der Waals surface area contributed by atoms with Gasteiger partial charge in [0.15, 0.2) is 0 Å². The smallest absolute Gasteiger partial charge is 0.219 e. The number of halogens is 1. The minimum Gasteiger partial charge on any atom is -0.338 e. The van der Waals surface area contributed by atoms with Crippen molar-refractivity contribution in [3.05, 3.63) is 35.1 Å². The predicted molar refractivity (Wildman–Crippen MR) is 85.0 cm³/mol. The Morgan fingerprint density at radius 1 is 1.30 bits per heavy atom. The number of amides is 1. The fourth-order valence-electron chi connectivity index (χ4n) is 4.03. The molecule has 1 aromatic rings. The average molecular weight is 315 g/mol. The van der Waals surface area contributed by atoms with Crippen molar-refractivity contribution in [2.24, 2.45) is 0 Å². The second kappa shape index (κ2) is 6.67. The molecule has 122 valence electrons. The van der Waals surface area contributed by atoms with Crippen molar-refractivity contribution < 1.29 is 9.18 Å². The molecule has 0 saturated carbocycles. The maximum absolute atomic E-state index is 14.2. The van der Waals surface area contributed by atoms with Gasteiger partial charge >= 0.3 is 0 Å². The van der Waals surface area contributed by atoms with Crippen LogP contribution in [0.25, 0.3) is 0 Å². The van der Waals surface area contributed by atoms with Gasteiger partial charge in [-0.2, -0.15) is 5.26 Å². The van der Waals surface area contributed by atoms with Crippen LogP contribution < -0.4 is 0 Å². The van der Waals surface area contributed by atoms with Crippen molar-refractivity contribution in [1.82, 2.24) is 9.80 Å². The minimum absolute atomic E-state index is 0.143. The Morgan fingerprint density at radius 2 is 2.04 bits per heavy atom. The SMILES string of the molecule is CC(=O)N1CCC[C@@H]1[C@H]1CCCN1Cc1ccc(C#N)cc1F. The summed E-state index contributed by atoms with van der Waals surface area (Å²) in [5.74, 6) is -0.173. The lowest BCUT2D eigenvalue weighted by Gasteiger charge is -2.34. The zero-order chi connectivity index (χ0) is 16.4. The molecular weight excluding hydrogens is 293 g/mol. The summed E-state index contributed by atoms with van der Waals surface area (Å²) in [4.78, 5) is 16.1. The third-order valence-corrected chi connectivity index (χ3v) is 5.12. The molecule has 0 aliphatic carbocycles. The van der Waals surface area contributed by atoms with Gasteiger partial charge in [0.05, 0.1) is 11.6 Å². The molecule has 1 amide bonds. The van der Waals surface area contributed by atoms with Gasteiger partial charge in [0, 0.05) is 37.7 Å². The molecule has 2 atom stereocenters. The van der Waals surface area contributed by atoms with Crippen LogP contribution in [0.4, 0.5) is 4.39 Å². The highest BCUT2D eigenvalue weighted by molar-refractivity contribution is 5.74. The summed E-state index contributed by atoms with van der Waals surface area (Å²) in [5, 5.41) is 8.84. The van der Waals surface area contributed by atoms with Crippen molar-refractivity contribution in [3.8, 4) is 6.07 Å². The van der Waals surface area contributed by atoms with Crippen LogP contribution in [0.15, 0.2) is 18.2 Å². The zero-order valence-corrected chi connectivity index (χ0v) is 13.5. The predicted octanol–water partition coefficient (Wildman–Crippen LogP) is 2.67. The molecule has 0 unspecified atom stereocenters. The highest BCUT2D eigenvalue weighted by atomic mass is 19.1. The molecule has 0 radical (unpaired) electrons. The number of likely N-dealkylation sites (tertiary alicyclic amines) is 2. The van der Waals surface area contributed by atoms with Crippen molar-refractivity contribution >= 4 is 5.91 Å².